The van der Waals surface area contributed by atoms with Crippen molar-refractivity contribution in [1.29, 1.82) is 0 Å². The van der Waals surface area contributed by atoms with Gasteiger partial charge >= 0.3 is 5.97 Å². The van der Waals surface area contributed by atoms with Gasteiger partial charge in [0.05, 0.1) is 23.9 Å². The summed E-state index contributed by atoms with van der Waals surface area (Å²) < 4.78 is 4.81. The van der Waals surface area contributed by atoms with Gasteiger partial charge in [0.15, 0.2) is 5.78 Å². The van der Waals surface area contributed by atoms with E-state index in [-0.39, 0.29) is 11.8 Å². The van der Waals surface area contributed by atoms with Gasteiger partial charge in [-0.25, -0.2) is 4.79 Å². The van der Waals surface area contributed by atoms with Gasteiger partial charge in [-0.15, -0.1) is 0 Å². The number of ether oxygens (including phenoxy) is 1. The van der Waals surface area contributed by atoms with Crippen molar-refractivity contribution < 1.29 is 14.3 Å². The van der Waals surface area contributed by atoms with Gasteiger partial charge in [-0.1, -0.05) is 12.1 Å². The van der Waals surface area contributed by atoms with Gasteiger partial charge in [0.2, 0.25) is 0 Å². The summed E-state index contributed by atoms with van der Waals surface area (Å²) in [7, 11) is 1.37. The van der Waals surface area contributed by atoms with E-state index in [1.54, 1.807) is 12.1 Å². The van der Waals surface area contributed by atoms with Crippen LogP contribution in [0.5, 0.6) is 0 Å². The van der Waals surface area contributed by atoms with Crippen molar-refractivity contribution in [3.8, 4) is 0 Å². The number of piperidine rings is 1. The van der Waals surface area contributed by atoms with Gasteiger partial charge in [0.25, 0.3) is 0 Å². The lowest BCUT2D eigenvalue weighted by Gasteiger charge is -2.43. The first-order valence-electron chi connectivity index (χ1n) is 6.46. The van der Waals surface area contributed by atoms with Crippen LogP contribution in [-0.4, -0.2) is 30.9 Å². The highest BCUT2D eigenvalue weighted by molar-refractivity contribution is 5.99. The number of carbonyl (C=O) groups excluding carboxylic acids is 2. The number of para-hydroxylation sites is 1. The second kappa shape index (κ2) is 5.03. The molecule has 1 aromatic rings. The lowest BCUT2D eigenvalue weighted by Crippen LogP contribution is -2.54. The molecule has 0 radical (unpaired) electrons. The van der Waals surface area contributed by atoms with E-state index in [2.05, 4.69) is 0 Å². The summed E-state index contributed by atoms with van der Waals surface area (Å²) in [6, 6.07) is 7.27. The minimum atomic E-state index is -0.581. The summed E-state index contributed by atoms with van der Waals surface area (Å²) in [5.74, 6) is -0.164. The van der Waals surface area contributed by atoms with Gasteiger partial charge in [0.1, 0.15) is 0 Å². The Kier molecular flexibility index (Phi) is 3.60. The van der Waals surface area contributed by atoms with Crippen LogP contribution in [0.15, 0.2) is 24.3 Å². The fourth-order valence-electron chi connectivity index (χ4n) is 2.55. The molecule has 0 spiro atoms. The first-order valence-corrected chi connectivity index (χ1v) is 6.46. The van der Waals surface area contributed by atoms with E-state index in [4.69, 9.17) is 4.74 Å². The van der Waals surface area contributed by atoms with Gasteiger partial charge in [-0.3, -0.25) is 4.79 Å². The third kappa shape index (κ3) is 2.35. The van der Waals surface area contributed by atoms with Crippen LogP contribution in [0.2, 0.25) is 0 Å². The number of esters is 1. The fraction of sp³-hybridized carbons (Fsp3) is 0.467. The number of Topliss-reactive ketones (excluding diaryl/α,β-unsaturated/α-hetero) is 1. The van der Waals surface area contributed by atoms with Gasteiger partial charge in [-0.2, -0.15) is 0 Å². The van der Waals surface area contributed by atoms with Crippen LogP contribution in [0.4, 0.5) is 5.69 Å². The molecule has 0 amide bonds. The van der Waals surface area contributed by atoms with Gasteiger partial charge < -0.3 is 9.64 Å². The van der Waals surface area contributed by atoms with E-state index >= 15 is 0 Å². The van der Waals surface area contributed by atoms with Crippen LogP contribution in [-0.2, 0) is 9.53 Å². The number of rotatable bonds is 2. The third-order valence-corrected chi connectivity index (χ3v) is 3.74. The molecular weight excluding hydrogens is 242 g/mol. The Hall–Kier alpha value is -1.84. The summed E-state index contributed by atoms with van der Waals surface area (Å²) in [4.78, 5) is 25.9. The lowest BCUT2D eigenvalue weighted by molar-refractivity contribution is -0.124. The Balaban J connectivity index is 2.46. The first kappa shape index (κ1) is 13.6. The Morgan fingerprint density at radius 2 is 2.00 bits per heavy atom. The number of ketones is 1. The molecule has 19 heavy (non-hydrogen) atoms. The van der Waals surface area contributed by atoms with E-state index in [9.17, 15) is 9.59 Å². The molecule has 0 unspecified atom stereocenters. The van der Waals surface area contributed by atoms with E-state index in [0.29, 0.717) is 12.0 Å². The maximum atomic E-state index is 12.1. The van der Waals surface area contributed by atoms with Crippen molar-refractivity contribution in [3.05, 3.63) is 29.8 Å². The van der Waals surface area contributed by atoms with Crippen molar-refractivity contribution in [2.45, 2.75) is 32.2 Å². The van der Waals surface area contributed by atoms with Crippen molar-refractivity contribution in [2.24, 2.45) is 0 Å². The first-order chi connectivity index (χ1) is 8.98. The molecule has 4 nitrogen and oxygen atoms in total. The molecule has 0 N–H and O–H groups in total. The summed E-state index contributed by atoms with van der Waals surface area (Å²) in [5.41, 5.74) is 0.697. The van der Waals surface area contributed by atoms with Gasteiger partial charge in [0, 0.05) is 13.0 Å². The monoisotopic (exact) mass is 261 g/mol. The van der Waals surface area contributed by atoms with Crippen LogP contribution in [0.1, 0.15) is 37.0 Å². The van der Waals surface area contributed by atoms with Crippen LogP contribution >= 0.6 is 0 Å². The van der Waals surface area contributed by atoms with Crippen LogP contribution < -0.4 is 4.90 Å². The minimum Gasteiger partial charge on any atom is -0.465 e. The van der Waals surface area contributed by atoms with E-state index in [1.165, 1.54) is 7.11 Å². The molecule has 1 fully saturated rings. The van der Waals surface area contributed by atoms with E-state index in [1.807, 2.05) is 30.9 Å². The van der Waals surface area contributed by atoms with Crippen molar-refractivity contribution in [2.75, 3.05) is 18.6 Å². The van der Waals surface area contributed by atoms with E-state index < -0.39 is 5.54 Å². The predicted octanol–water partition coefficient (Wildman–Crippen LogP) is 2.42. The highest BCUT2D eigenvalue weighted by Crippen LogP contribution is 2.32. The molecule has 1 aromatic carbocycles. The number of anilines is 1. The predicted molar refractivity (Wildman–Crippen MR) is 73.4 cm³/mol. The molecule has 2 rings (SSSR count). The molecule has 1 heterocycles. The maximum Gasteiger partial charge on any atom is 0.339 e. The molecule has 0 atom stereocenters. The average molecular weight is 261 g/mol. The Labute approximate surface area is 113 Å². The summed E-state index contributed by atoms with van der Waals surface area (Å²) in [5, 5.41) is 0. The third-order valence-electron chi connectivity index (χ3n) is 3.74. The second-order valence-corrected chi connectivity index (χ2v) is 5.25. The van der Waals surface area contributed by atoms with Crippen molar-refractivity contribution in [3.63, 3.8) is 0 Å². The Bertz CT molecular complexity index is 508. The number of carbonyl (C=O) groups is 2. The normalized spacial score (nSPS) is 18.3. The highest BCUT2D eigenvalue weighted by atomic mass is 16.5. The fourth-order valence-corrected chi connectivity index (χ4v) is 2.55. The SMILES string of the molecule is COC(=O)c1ccccc1N1CCCC(=O)C1(C)C. The second-order valence-electron chi connectivity index (χ2n) is 5.25. The topological polar surface area (TPSA) is 46.6 Å². The Morgan fingerprint density at radius 1 is 1.32 bits per heavy atom. The molecule has 0 aliphatic carbocycles. The standard InChI is InChI=1S/C15H19NO3/c1-15(2)13(17)9-6-10-16(15)12-8-5-4-7-11(12)14(18)19-3/h4-5,7-8H,6,9-10H2,1-3H3. The summed E-state index contributed by atoms with van der Waals surface area (Å²) in [6.07, 6.45) is 1.42. The van der Waals surface area contributed by atoms with E-state index in [0.717, 1.165) is 18.7 Å². The molecule has 0 aromatic heterocycles. The average Bonchev–Trinajstić information content (AvgIpc) is 2.41. The summed E-state index contributed by atoms with van der Waals surface area (Å²) >= 11 is 0. The highest BCUT2D eigenvalue weighted by Gasteiger charge is 2.38. The molecular formula is C15H19NO3. The molecule has 1 aliphatic rings. The molecule has 0 bridgehead atoms. The van der Waals surface area contributed by atoms with Gasteiger partial charge in [-0.05, 0) is 32.4 Å². The number of hydrogen-bond donors (Lipinski definition) is 0. The molecule has 1 saturated heterocycles. The molecule has 0 saturated carbocycles. The minimum absolute atomic E-state index is 0.207. The molecule has 4 heteroatoms. The number of benzene rings is 1. The zero-order valence-corrected chi connectivity index (χ0v) is 11.6. The molecule has 102 valence electrons. The van der Waals surface area contributed by atoms with Crippen LogP contribution in [0.3, 0.4) is 0 Å². The zero-order valence-electron chi connectivity index (χ0n) is 11.6. The smallest absolute Gasteiger partial charge is 0.339 e. The largest absolute Gasteiger partial charge is 0.465 e. The number of methoxy groups -OCH3 is 1. The summed E-state index contributed by atoms with van der Waals surface area (Å²) in [6.45, 7) is 4.58. The van der Waals surface area contributed by atoms with Crippen molar-refractivity contribution >= 4 is 17.4 Å². The molecule has 1 aliphatic heterocycles. The van der Waals surface area contributed by atoms with Crippen molar-refractivity contribution in [1.82, 2.24) is 0 Å². The zero-order chi connectivity index (χ0) is 14.0. The maximum absolute atomic E-state index is 12.1. The lowest BCUT2D eigenvalue weighted by atomic mass is 9.88. The number of hydrogen-bond acceptors (Lipinski definition) is 4. The van der Waals surface area contributed by atoms with Crippen LogP contribution in [0.25, 0.3) is 0 Å². The number of nitrogens with zero attached hydrogens (tertiary/aromatic N) is 1. The Morgan fingerprint density at radius 3 is 2.68 bits per heavy atom. The van der Waals surface area contributed by atoms with Crippen LogP contribution in [0, 0.1) is 0 Å². The quantitative estimate of drug-likeness (QED) is 0.767.